The Morgan fingerprint density at radius 3 is 2.36 bits per heavy atom. The molecule has 1 amide bonds. The summed E-state index contributed by atoms with van der Waals surface area (Å²) in [6.45, 7) is 1.70. The van der Waals surface area contributed by atoms with E-state index in [0.29, 0.717) is 32.5 Å². The number of carbonyl (C=O) groups is 2. The molecule has 0 N–H and O–H groups in total. The van der Waals surface area contributed by atoms with Gasteiger partial charge in [-0.15, -0.1) is 0 Å². The standard InChI is InChI=1S/C28H33NO4/c1-32-28(31)17-6-3-9-20-29(27(30)19-22-33-25-14-4-2-5-15-25)21-18-24-13-10-12-23-11-7-8-16-26(23)24/h2,4-5,7-8,10-16H,3,6,9,17-22H2,1H3. The molecule has 0 fully saturated rings. The second-order valence-electron chi connectivity index (χ2n) is 8.07. The highest BCUT2D eigenvalue weighted by Crippen LogP contribution is 2.19. The molecule has 0 bridgehead atoms. The van der Waals surface area contributed by atoms with Gasteiger partial charge in [-0.05, 0) is 47.7 Å². The zero-order valence-electron chi connectivity index (χ0n) is 19.4. The number of para-hydroxylation sites is 1. The predicted molar refractivity (Wildman–Crippen MR) is 131 cm³/mol. The minimum atomic E-state index is -0.183. The fourth-order valence-corrected chi connectivity index (χ4v) is 3.91. The Hall–Kier alpha value is -3.34. The molecule has 0 aliphatic heterocycles. The molecule has 0 saturated carbocycles. The van der Waals surface area contributed by atoms with Crippen LogP contribution in [0.25, 0.3) is 10.8 Å². The molecule has 0 radical (unpaired) electrons. The average molecular weight is 448 g/mol. The van der Waals surface area contributed by atoms with Crippen molar-refractivity contribution in [1.82, 2.24) is 4.90 Å². The summed E-state index contributed by atoms with van der Waals surface area (Å²) >= 11 is 0. The minimum Gasteiger partial charge on any atom is -0.493 e. The monoisotopic (exact) mass is 447 g/mol. The minimum absolute atomic E-state index is 0.0964. The molecule has 0 aliphatic carbocycles. The predicted octanol–water partition coefficient (Wildman–Crippen LogP) is 5.41. The van der Waals surface area contributed by atoms with Crippen molar-refractivity contribution in [3.63, 3.8) is 0 Å². The Balaban J connectivity index is 1.56. The molecule has 0 aromatic heterocycles. The Morgan fingerprint density at radius 2 is 1.55 bits per heavy atom. The summed E-state index contributed by atoms with van der Waals surface area (Å²) in [6, 6.07) is 24.2. The van der Waals surface area contributed by atoms with Crippen LogP contribution in [-0.4, -0.2) is 43.6 Å². The van der Waals surface area contributed by atoms with Crippen molar-refractivity contribution in [2.45, 2.75) is 38.5 Å². The molecular weight excluding hydrogens is 414 g/mol. The summed E-state index contributed by atoms with van der Waals surface area (Å²) in [7, 11) is 1.41. The second-order valence-corrected chi connectivity index (χ2v) is 8.07. The third-order valence-corrected chi connectivity index (χ3v) is 5.75. The first-order valence-corrected chi connectivity index (χ1v) is 11.7. The van der Waals surface area contributed by atoms with Crippen LogP contribution in [0.1, 0.15) is 37.7 Å². The quantitative estimate of drug-likeness (QED) is 0.260. The van der Waals surface area contributed by atoms with Gasteiger partial charge in [-0.2, -0.15) is 0 Å². The Kier molecular flexibility index (Phi) is 9.77. The first-order valence-electron chi connectivity index (χ1n) is 11.7. The maximum atomic E-state index is 13.0. The van der Waals surface area contributed by atoms with Gasteiger partial charge in [-0.3, -0.25) is 9.59 Å². The van der Waals surface area contributed by atoms with Crippen molar-refractivity contribution < 1.29 is 19.1 Å². The van der Waals surface area contributed by atoms with Crippen LogP contribution in [0.5, 0.6) is 5.75 Å². The number of unbranched alkanes of at least 4 members (excludes halogenated alkanes) is 2. The highest BCUT2D eigenvalue weighted by Gasteiger charge is 2.14. The Labute approximate surface area is 196 Å². The number of hydrogen-bond acceptors (Lipinski definition) is 4. The summed E-state index contributed by atoms with van der Waals surface area (Å²) in [5.41, 5.74) is 1.25. The zero-order valence-corrected chi connectivity index (χ0v) is 19.4. The lowest BCUT2D eigenvalue weighted by Gasteiger charge is -2.23. The lowest BCUT2D eigenvalue weighted by Crippen LogP contribution is -2.34. The Morgan fingerprint density at radius 1 is 0.788 bits per heavy atom. The van der Waals surface area contributed by atoms with Gasteiger partial charge in [0.25, 0.3) is 0 Å². The zero-order chi connectivity index (χ0) is 23.3. The van der Waals surface area contributed by atoms with E-state index >= 15 is 0 Å². The highest BCUT2D eigenvalue weighted by molar-refractivity contribution is 5.85. The normalized spacial score (nSPS) is 10.7. The summed E-state index contributed by atoms with van der Waals surface area (Å²) in [6.07, 6.45) is 4.08. The summed E-state index contributed by atoms with van der Waals surface area (Å²) in [4.78, 5) is 26.3. The molecule has 0 saturated heterocycles. The van der Waals surface area contributed by atoms with Gasteiger partial charge in [-0.1, -0.05) is 67.1 Å². The van der Waals surface area contributed by atoms with Crippen molar-refractivity contribution in [2.75, 3.05) is 26.8 Å². The van der Waals surface area contributed by atoms with Gasteiger partial charge in [0.15, 0.2) is 0 Å². The van der Waals surface area contributed by atoms with E-state index in [2.05, 4.69) is 36.4 Å². The number of nitrogens with zero attached hydrogens (tertiary/aromatic N) is 1. The van der Waals surface area contributed by atoms with Crippen LogP contribution in [0.3, 0.4) is 0 Å². The van der Waals surface area contributed by atoms with E-state index in [0.717, 1.165) is 31.4 Å². The lowest BCUT2D eigenvalue weighted by atomic mass is 10.0. The van der Waals surface area contributed by atoms with Gasteiger partial charge in [-0.25, -0.2) is 0 Å². The number of hydrogen-bond donors (Lipinski definition) is 0. The molecule has 3 aromatic carbocycles. The summed E-state index contributed by atoms with van der Waals surface area (Å²) in [5, 5.41) is 2.45. The Bertz CT molecular complexity index is 1010. The number of ether oxygens (including phenoxy) is 2. The molecule has 0 unspecified atom stereocenters. The van der Waals surface area contributed by atoms with Crippen LogP contribution >= 0.6 is 0 Å². The van der Waals surface area contributed by atoms with Gasteiger partial charge in [0.1, 0.15) is 5.75 Å². The fourth-order valence-electron chi connectivity index (χ4n) is 3.91. The molecule has 0 atom stereocenters. The molecule has 33 heavy (non-hydrogen) atoms. The van der Waals surface area contributed by atoms with Gasteiger partial charge in [0.05, 0.1) is 20.1 Å². The molecule has 0 spiro atoms. The molecule has 3 aromatic rings. The van der Waals surface area contributed by atoms with E-state index < -0.39 is 0 Å². The van der Waals surface area contributed by atoms with Crippen molar-refractivity contribution in [3.8, 4) is 5.75 Å². The molecule has 3 rings (SSSR count). The number of methoxy groups -OCH3 is 1. The highest BCUT2D eigenvalue weighted by atomic mass is 16.5. The number of amides is 1. The van der Waals surface area contributed by atoms with Gasteiger partial charge in [0, 0.05) is 19.5 Å². The number of carbonyl (C=O) groups excluding carboxylic acids is 2. The lowest BCUT2D eigenvalue weighted by molar-refractivity contribution is -0.140. The maximum Gasteiger partial charge on any atom is 0.305 e. The number of fused-ring (bicyclic) bond motifs is 1. The molecule has 5 heteroatoms. The van der Waals surface area contributed by atoms with Gasteiger partial charge in [0.2, 0.25) is 5.91 Å². The molecular formula is C28H33NO4. The third-order valence-electron chi connectivity index (χ3n) is 5.75. The van der Waals surface area contributed by atoms with Crippen molar-refractivity contribution in [1.29, 1.82) is 0 Å². The van der Waals surface area contributed by atoms with Crippen LogP contribution in [0.15, 0.2) is 72.8 Å². The number of esters is 1. The first-order chi connectivity index (χ1) is 16.2. The number of rotatable bonds is 13. The molecule has 174 valence electrons. The molecule has 0 heterocycles. The smallest absolute Gasteiger partial charge is 0.305 e. The van der Waals surface area contributed by atoms with Gasteiger partial charge >= 0.3 is 5.97 Å². The molecule has 0 aliphatic rings. The molecule has 5 nitrogen and oxygen atoms in total. The van der Waals surface area contributed by atoms with E-state index in [1.807, 2.05) is 41.3 Å². The summed E-state index contributed by atoms with van der Waals surface area (Å²) < 4.78 is 10.4. The van der Waals surface area contributed by atoms with E-state index in [-0.39, 0.29) is 11.9 Å². The number of benzene rings is 3. The van der Waals surface area contributed by atoms with E-state index in [1.54, 1.807) is 0 Å². The first kappa shape index (κ1) is 24.3. The van der Waals surface area contributed by atoms with E-state index in [4.69, 9.17) is 9.47 Å². The third kappa shape index (κ3) is 7.94. The summed E-state index contributed by atoms with van der Waals surface area (Å²) in [5.74, 6) is 0.687. The van der Waals surface area contributed by atoms with E-state index in [9.17, 15) is 9.59 Å². The maximum absolute atomic E-state index is 13.0. The van der Waals surface area contributed by atoms with Gasteiger partial charge < -0.3 is 14.4 Å². The second kappa shape index (κ2) is 13.3. The van der Waals surface area contributed by atoms with E-state index in [1.165, 1.54) is 23.4 Å². The van der Waals surface area contributed by atoms with Crippen LogP contribution in [0.2, 0.25) is 0 Å². The average Bonchev–Trinajstić information content (AvgIpc) is 2.86. The van der Waals surface area contributed by atoms with Crippen LogP contribution in [-0.2, 0) is 20.7 Å². The van der Waals surface area contributed by atoms with Crippen LogP contribution in [0.4, 0.5) is 0 Å². The van der Waals surface area contributed by atoms with Crippen LogP contribution in [0, 0.1) is 0 Å². The van der Waals surface area contributed by atoms with Crippen LogP contribution < -0.4 is 4.74 Å². The van der Waals surface area contributed by atoms with Crippen molar-refractivity contribution >= 4 is 22.6 Å². The largest absolute Gasteiger partial charge is 0.493 e. The van der Waals surface area contributed by atoms with Crippen molar-refractivity contribution in [3.05, 3.63) is 78.4 Å². The van der Waals surface area contributed by atoms with Crippen molar-refractivity contribution in [2.24, 2.45) is 0 Å². The topological polar surface area (TPSA) is 55.8 Å². The fraction of sp³-hybridized carbons (Fsp3) is 0.357. The SMILES string of the molecule is COC(=O)CCCCCN(CCc1cccc2ccccc12)C(=O)CCOc1ccccc1.